The van der Waals surface area contributed by atoms with Crippen molar-refractivity contribution in [1.29, 1.82) is 0 Å². The molecule has 0 aromatic heterocycles. The first kappa shape index (κ1) is 5.85. The molecule has 0 spiro atoms. The Hall–Kier alpha value is -0.150. The van der Waals surface area contributed by atoms with E-state index in [0.29, 0.717) is 0 Å². The maximum atomic E-state index is 5.00. The third-order valence-corrected chi connectivity index (χ3v) is 0.410. The van der Waals surface area contributed by atoms with Gasteiger partial charge in [-0.2, -0.15) is 0 Å². The Morgan fingerprint density at radius 3 is 2.33 bits per heavy atom. The van der Waals surface area contributed by atoms with Crippen molar-refractivity contribution in [2.45, 2.75) is 6.92 Å². The highest BCUT2D eigenvalue weighted by Crippen LogP contribution is 1.84. The van der Waals surface area contributed by atoms with Gasteiger partial charge < -0.3 is 0 Å². The molecule has 0 saturated carbocycles. The average molecular weight is 102 g/mol. The van der Waals surface area contributed by atoms with Crippen LogP contribution in [0.1, 0.15) is 6.92 Å². The first-order valence-electron chi connectivity index (χ1n) is 1.71. The Balaban J connectivity index is 3.20. The van der Waals surface area contributed by atoms with Crippen LogP contribution in [0.15, 0.2) is 0 Å². The van der Waals surface area contributed by atoms with Gasteiger partial charge in [0.15, 0.2) is 0 Å². The van der Waals surface area contributed by atoms with Crippen LogP contribution in [0.5, 0.6) is 0 Å². The normalized spacial score (nSPS) is 7.33. The molecule has 1 atom stereocenters. The van der Waals surface area contributed by atoms with Crippen molar-refractivity contribution in [1.82, 2.24) is 0 Å². The largest absolute Gasteiger partial charge is 0.0827 e. The summed E-state index contributed by atoms with van der Waals surface area (Å²) < 4.78 is 0. The van der Waals surface area contributed by atoms with Gasteiger partial charge in [0, 0.05) is 11.3 Å². The predicted octanol–water partition coefficient (Wildman–Crippen LogP) is 1.66. The Bertz CT molecular complexity index is 73.7. The fourth-order valence-corrected chi connectivity index (χ4v) is 0.279. The van der Waals surface area contributed by atoms with Gasteiger partial charge in [-0.1, -0.05) is 12.8 Å². The molecule has 1 heteroatoms. The Morgan fingerprint density at radius 2 is 2.33 bits per heavy atom. The van der Waals surface area contributed by atoms with Crippen LogP contribution < -0.4 is 0 Å². The number of hydrogen-bond acceptors (Lipinski definition) is 0. The van der Waals surface area contributed by atoms with E-state index >= 15 is 0 Å². The van der Waals surface area contributed by atoms with E-state index in [1.54, 1.807) is 0 Å². The highest BCUT2D eigenvalue weighted by molar-refractivity contribution is 6.30. The Kier molecular flexibility index (Phi) is 2.98. The van der Waals surface area contributed by atoms with E-state index in [1.165, 1.54) is 0 Å². The van der Waals surface area contributed by atoms with Crippen LogP contribution in [0.3, 0.4) is 0 Å². The van der Waals surface area contributed by atoms with E-state index < -0.39 is 0 Å². The summed E-state index contributed by atoms with van der Waals surface area (Å²) in [5.41, 5.74) is 0. The molecule has 0 saturated heterocycles. The van der Waals surface area contributed by atoms with E-state index in [4.69, 9.17) is 11.6 Å². The fourth-order valence-electron chi connectivity index (χ4n) is 0.0931. The minimum atomic E-state index is 0.155. The standard InChI is InChI=1S/C5H6Cl/c1-5(2)3-4-6/h5H,1H2,2H3. The predicted molar refractivity (Wildman–Crippen MR) is 28.1 cm³/mol. The van der Waals surface area contributed by atoms with Crippen LogP contribution in [0.2, 0.25) is 0 Å². The third-order valence-electron chi connectivity index (χ3n) is 0.301. The second-order valence-electron chi connectivity index (χ2n) is 1.14. The molecule has 1 unspecified atom stereocenters. The molecule has 6 heavy (non-hydrogen) atoms. The zero-order valence-electron chi connectivity index (χ0n) is 3.66. The zero-order chi connectivity index (χ0) is 4.99. The summed E-state index contributed by atoms with van der Waals surface area (Å²) in [6.45, 7) is 5.45. The lowest BCUT2D eigenvalue weighted by atomic mass is 10.2. The van der Waals surface area contributed by atoms with Crippen molar-refractivity contribution in [2.24, 2.45) is 5.92 Å². The third kappa shape index (κ3) is 3.85. The smallest absolute Gasteiger partial charge is 0.0187 e. The molecular weight excluding hydrogens is 95.5 g/mol. The van der Waals surface area contributed by atoms with Gasteiger partial charge in [0.25, 0.3) is 0 Å². The summed E-state index contributed by atoms with van der Waals surface area (Å²) in [6, 6.07) is 0. The van der Waals surface area contributed by atoms with Crippen molar-refractivity contribution in [3.63, 3.8) is 0 Å². The lowest BCUT2D eigenvalue weighted by Gasteiger charge is -1.80. The molecule has 0 aromatic carbocycles. The summed E-state index contributed by atoms with van der Waals surface area (Å²) in [4.78, 5) is 0. The first-order valence-corrected chi connectivity index (χ1v) is 2.09. The summed E-state index contributed by atoms with van der Waals surface area (Å²) >= 11 is 5.00. The minimum absolute atomic E-state index is 0.155. The molecule has 0 aliphatic rings. The molecule has 0 nitrogen and oxygen atoms in total. The van der Waals surface area contributed by atoms with Gasteiger partial charge in [-0.15, -0.1) is 0 Å². The van der Waals surface area contributed by atoms with E-state index in [1.807, 2.05) is 6.92 Å². The van der Waals surface area contributed by atoms with Crippen molar-refractivity contribution in [2.75, 3.05) is 0 Å². The number of hydrogen-bond donors (Lipinski definition) is 0. The topological polar surface area (TPSA) is 0 Å². The van der Waals surface area contributed by atoms with E-state index in [-0.39, 0.29) is 5.92 Å². The fraction of sp³-hybridized carbons (Fsp3) is 0.400. The Morgan fingerprint density at radius 1 is 1.83 bits per heavy atom. The van der Waals surface area contributed by atoms with Gasteiger partial charge in [0.05, 0.1) is 0 Å². The van der Waals surface area contributed by atoms with E-state index in [2.05, 4.69) is 18.2 Å². The van der Waals surface area contributed by atoms with Crippen molar-refractivity contribution < 1.29 is 0 Å². The molecule has 0 N–H and O–H groups in total. The molecule has 0 bridgehead atoms. The molecular formula is C5H6Cl. The lowest BCUT2D eigenvalue weighted by molar-refractivity contribution is 0.978. The van der Waals surface area contributed by atoms with Gasteiger partial charge in [-0.25, -0.2) is 0 Å². The van der Waals surface area contributed by atoms with Crippen molar-refractivity contribution in [3.05, 3.63) is 6.92 Å². The van der Waals surface area contributed by atoms with E-state index in [9.17, 15) is 0 Å². The number of rotatable bonds is 0. The number of halogens is 1. The SMILES string of the molecule is [CH2]C(C)C#CCl. The maximum Gasteiger partial charge on any atom is 0.0187 e. The van der Waals surface area contributed by atoms with Crippen LogP contribution in [0.25, 0.3) is 0 Å². The molecule has 0 aliphatic carbocycles. The summed E-state index contributed by atoms with van der Waals surface area (Å²) in [5, 5.41) is 2.23. The molecule has 0 fully saturated rings. The maximum absolute atomic E-state index is 5.00. The van der Waals surface area contributed by atoms with Crippen molar-refractivity contribution >= 4 is 11.6 Å². The van der Waals surface area contributed by atoms with Crippen LogP contribution in [-0.2, 0) is 0 Å². The molecule has 1 radical (unpaired) electrons. The van der Waals surface area contributed by atoms with Gasteiger partial charge >= 0.3 is 0 Å². The van der Waals surface area contributed by atoms with Gasteiger partial charge in [0.2, 0.25) is 0 Å². The van der Waals surface area contributed by atoms with E-state index in [0.717, 1.165) is 0 Å². The molecule has 0 aliphatic heterocycles. The van der Waals surface area contributed by atoms with Crippen LogP contribution >= 0.6 is 11.6 Å². The molecule has 0 rings (SSSR count). The zero-order valence-corrected chi connectivity index (χ0v) is 4.42. The van der Waals surface area contributed by atoms with Crippen LogP contribution in [-0.4, -0.2) is 0 Å². The van der Waals surface area contributed by atoms with Gasteiger partial charge in [0.1, 0.15) is 0 Å². The second-order valence-corrected chi connectivity index (χ2v) is 1.33. The molecule has 0 amide bonds. The lowest BCUT2D eigenvalue weighted by Crippen LogP contribution is -1.74. The summed E-state index contributed by atoms with van der Waals surface area (Å²) in [6.07, 6.45) is 0. The first-order chi connectivity index (χ1) is 2.77. The second kappa shape index (κ2) is 3.06. The molecule has 0 aromatic rings. The molecule has 0 heterocycles. The van der Waals surface area contributed by atoms with Gasteiger partial charge in [-0.3, -0.25) is 0 Å². The Labute approximate surface area is 43.5 Å². The highest BCUT2D eigenvalue weighted by atomic mass is 35.5. The average Bonchev–Trinajstić information content (AvgIpc) is 1.35. The monoisotopic (exact) mass is 101 g/mol. The summed E-state index contributed by atoms with van der Waals surface area (Å²) in [7, 11) is 0. The van der Waals surface area contributed by atoms with Crippen LogP contribution in [0.4, 0.5) is 0 Å². The molecule has 33 valence electrons. The quantitative estimate of drug-likeness (QED) is 0.407. The van der Waals surface area contributed by atoms with Gasteiger partial charge in [-0.05, 0) is 18.5 Å². The minimum Gasteiger partial charge on any atom is -0.0827 e. The van der Waals surface area contributed by atoms with Crippen LogP contribution in [0, 0.1) is 24.1 Å². The van der Waals surface area contributed by atoms with Crippen molar-refractivity contribution in [3.8, 4) is 11.3 Å². The summed E-state index contributed by atoms with van der Waals surface area (Å²) in [5.74, 6) is 2.77. The highest BCUT2D eigenvalue weighted by Gasteiger charge is 1.76.